The molecule has 1 aromatic heterocycles. The maximum atomic E-state index is 13.7. The number of sulfone groups is 1. The number of nitrogens with one attached hydrogen (secondary N) is 1. The van der Waals surface area contributed by atoms with E-state index in [-0.39, 0.29) is 28.9 Å². The Morgan fingerprint density at radius 2 is 2.04 bits per heavy atom. The van der Waals surface area contributed by atoms with E-state index in [4.69, 9.17) is 0 Å². The fourth-order valence-corrected chi connectivity index (χ4v) is 4.61. The number of carbonyl (C=O) groups is 1. The van der Waals surface area contributed by atoms with Gasteiger partial charge in [-0.25, -0.2) is 17.2 Å². The van der Waals surface area contributed by atoms with E-state index in [2.05, 4.69) is 10.3 Å². The number of hydrogen-bond donors (Lipinski definition) is 1. The number of anilines is 2. The van der Waals surface area contributed by atoms with E-state index in [9.17, 15) is 22.0 Å². The van der Waals surface area contributed by atoms with Crippen LogP contribution >= 0.6 is 0 Å². The second-order valence-electron chi connectivity index (χ2n) is 6.15. The van der Waals surface area contributed by atoms with Crippen molar-refractivity contribution in [1.29, 1.82) is 0 Å². The van der Waals surface area contributed by atoms with Crippen LogP contribution in [0.5, 0.6) is 0 Å². The van der Waals surface area contributed by atoms with E-state index >= 15 is 0 Å². The lowest BCUT2D eigenvalue weighted by molar-refractivity contribution is 0.102. The molecule has 3 rings (SSSR count). The highest BCUT2D eigenvalue weighted by molar-refractivity contribution is 7.91. The van der Waals surface area contributed by atoms with Gasteiger partial charge in [0.05, 0.1) is 17.2 Å². The highest BCUT2D eigenvalue weighted by atomic mass is 32.2. The lowest BCUT2D eigenvalue weighted by Gasteiger charge is -2.25. The van der Waals surface area contributed by atoms with E-state index in [1.54, 1.807) is 18.0 Å². The lowest BCUT2D eigenvalue weighted by atomic mass is 10.2. The Morgan fingerprint density at radius 1 is 1.27 bits per heavy atom. The summed E-state index contributed by atoms with van der Waals surface area (Å²) in [6.07, 6.45) is 1.94. The Balaban J connectivity index is 1.77. The highest BCUT2D eigenvalue weighted by Crippen LogP contribution is 2.23. The van der Waals surface area contributed by atoms with Crippen LogP contribution in [0.3, 0.4) is 0 Å². The van der Waals surface area contributed by atoms with Crippen LogP contribution in [0.2, 0.25) is 0 Å². The summed E-state index contributed by atoms with van der Waals surface area (Å²) in [5.74, 6) is -2.07. The summed E-state index contributed by atoms with van der Waals surface area (Å²) in [6.45, 7) is 0. The molecule has 0 saturated carbocycles. The quantitative estimate of drug-likeness (QED) is 0.879. The van der Waals surface area contributed by atoms with Gasteiger partial charge in [0, 0.05) is 31.0 Å². The smallest absolute Gasteiger partial charge is 0.274 e. The van der Waals surface area contributed by atoms with Crippen molar-refractivity contribution in [2.24, 2.45) is 0 Å². The third-order valence-corrected chi connectivity index (χ3v) is 6.07. The van der Waals surface area contributed by atoms with Gasteiger partial charge in [-0.2, -0.15) is 0 Å². The van der Waals surface area contributed by atoms with Crippen molar-refractivity contribution >= 4 is 27.1 Å². The average molecular weight is 381 g/mol. The normalized spacial score (nSPS) is 18.5. The number of nitrogens with zero attached hydrogens (tertiary/aromatic N) is 2. The van der Waals surface area contributed by atoms with Crippen LogP contribution in [0.15, 0.2) is 36.5 Å². The maximum Gasteiger partial charge on any atom is 0.274 e. The van der Waals surface area contributed by atoms with Gasteiger partial charge in [0.15, 0.2) is 9.84 Å². The van der Waals surface area contributed by atoms with E-state index in [1.807, 2.05) is 0 Å². The molecule has 1 unspecified atom stereocenters. The summed E-state index contributed by atoms with van der Waals surface area (Å²) in [5.41, 5.74) is 0.518. The minimum Gasteiger partial charge on any atom is -0.370 e. The van der Waals surface area contributed by atoms with E-state index in [0.717, 1.165) is 12.1 Å². The van der Waals surface area contributed by atoms with Gasteiger partial charge in [-0.15, -0.1) is 0 Å². The number of benzene rings is 1. The Morgan fingerprint density at radius 3 is 2.69 bits per heavy atom. The summed E-state index contributed by atoms with van der Waals surface area (Å²) >= 11 is 0. The summed E-state index contributed by atoms with van der Waals surface area (Å²) < 4.78 is 49.9. The molecule has 6 nitrogen and oxygen atoms in total. The largest absolute Gasteiger partial charge is 0.370 e. The Labute approximate surface area is 149 Å². The van der Waals surface area contributed by atoms with Crippen molar-refractivity contribution in [3.8, 4) is 0 Å². The fraction of sp³-hybridized carbons (Fsp3) is 0.294. The van der Waals surface area contributed by atoms with Gasteiger partial charge < -0.3 is 10.2 Å². The van der Waals surface area contributed by atoms with Crippen LogP contribution < -0.4 is 10.2 Å². The number of hydrogen-bond acceptors (Lipinski definition) is 5. The maximum absolute atomic E-state index is 13.7. The molecule has 1 N–H and O–H groups in total. The first-order chi connectivity index (χ1) is 12.2. The zero-order valence-corrected chi connectivity index (χ0v) is 14.8. The zero-order chi connectivity index (χ0) is 18.9. The minimum absolute atomic E-state index is 0.0407. The highest BCUT2D eigenvalue weighted by Gasteiger charge is 2.31. The molecule has 1 aromatic carbocycles. The van der Waals surface area contributed by atoms with E-state index < -0.39 is 27.4 Å². The molecular weight excluding hydrogens is 364 g/mol. The van der Waals surface area contributed by atoms with E-state index in [0.29, 0.717) is 18.2 Å². The second-order valence-corrected chi connectivity index (χ2v) is 8.37. The molecule has 1 atom stereocenters. The Kier molecular flexibility index (Phi) is 4.90. The number of carbonyl (C=O) groups excluding carboxylic acids is 1. The standard InChI is InChI=1S/C17H17F2N3O3S/c1-22(13-5-7-26(24,25)10-13)12-4-6-20-16(9-12)17(23)21-15-3-2-11(18)8-14(15)19/h2-4,6,8-9,13H,5,7,10H2,1H3,(H,21,23). The first kappa shape index (κ1) is 18.2. The van der Waals surface area contributed by atoms with Crippen molar-refractivity contribution in [3.05, 3.63) is 53.9 Å². The molecular formula is C17H17F2N3O3S. The first-order valence-electron chi connectivity index (χ1n) is 7.91. The average Bonchev–Trinajstić information content (AvgIpc) is 2.96. The second kappa shape index (κ2) is 6.99. The van der Waals surface area contributed by atoms with Crippen LogP contribution in [-0.2, 0) is 9.84 Å². The van der Waals surface area contributed by atoms with Crippen LogP contribution in [0.4, 0.5) is 20.2 Å². The summed E-state index contributed by atoms with van der Waals surface area (Å²) in [6, 6.07) is 5.84. The number of aromatic nitrogens is 1. The zero-order valence-electron chi connectivity index (χ0n) is 13.9. The summed E-state index contributed by atoms with van der Waals surface area (Å²) in [5, 5.41) is 2.34. The van der Waals surface area contributed by atoms with Crippen LogP contribution in [0.25, 0.3) is 0 Å². The van der Waals surface area contributed by atoms with Crippen molar-refractivity contribution in [3.63, 3.8) is 0 Å². The SMILES string of the molecule is CN(c1ccnc(C(=O)Nc2ccc(F)cc2F)c1)C1CCS(=O)(=O)C1. The minimum atomic E-state index is -3.03. The number of amides is 1. The summed E-state index contributed by atoms with van der Waals surface area (Å²) in [4.78, 5) is 18.1. The van der Waals surface area contributed by atoms with E-state index in [1.165, 1.54) is 12.3 Å². The van der Waals surface area contributed by atoms with Gasteiger partial charge in [-0.3, -0.25) is 9.78 Å². The molecule has 2 heterocycles. The monoisotopic (exact) mass is 381 g/mol. The van der Waals surface area contributed by atoms with Crippen molar-refractivity contribution in [2.45, 2.75) is 12.5 Å². The predicted octanol–water partition coefficient (Wildman–Crippen LogP) is 2.24. The van der Waals surface area contributed by atoms with Gasteiger partial charge in [-0.05, 0) is 30.7 Å². The van der Waals surface area contributed by atoms with Crippen molar-refractivity contribution < 1.29 is 22.0 Å². The molecule has 1 aliphatic rings. The molecule has 138 valence electrons. The fourth-order valence-electron chi connectivity index (χ4n) is 2.83. The third-order valence-electron chi connectivity index (χ3n) is 4.32. The molecule has 1 amide bonds. The molecule has 2 aromatic rings. The molecule has 0 radical (unpaired) electrons. The summed E-state index contributed by atoms with van der Waals surface area (Å²) in [7, 11) is -1.28. The molecule has 1 fully saturated rings. The van der Waals surface area contributed by atoms with Crippen molar-refractivity contribution in [2.75, 3.05) is 28.8 Å². The first-order valence-corrected chi connectivity index (χ1v) is 9.73. The van der Waals surface area contributed by atoms with Gasteiger partial charge in [0.1, 0.15) is 17.3 Å². The van der Waals surface area contributed by atoms with Crippen LogP contribution in [0.1, 0.15) is 16.9 Å². The molecule has 0 bridgehead atoms. The molecule has 1 aliphatic heterocycles. The van der Waals surface area contributed by atoms with Gasteiger partial charge in [0.2, 0.25) is 0 Å². The number of pyridine rings is 1. The number of halogens is 2. The molecule has 0 spiro atoms. The molecule has 1 saturated heterocycles. The molecule has 0 aliphatic carbocycles. The van der Waals surface area contributed by atoms with Gasteiger partial charge >= 0.3 is 0 Å². The van der Waals surface area contributed by atoms with Crippen molar-refractivity contribution in [1.82, 2.24) is 4.98 Å². The van der Waals surface area contributed by atoms with Crippen LogP contribution in [-0.4, -0.2) is 43.9 Å². The van der Waals surface area contributed by atoms with Gasteiger partial charge in [0.25, 0.3) is 5.91 Å². The Hall–Kier alpha value is -2.55. The Bertz CT molecular complexity index is 950. The van der Waals surface area contributed by atoms with Crippen LogP contribution in [0, 0.1) is 11.6 Å². The third kappa shape index (κ3) is 3.98. The molecule has 9 heteroatoms. The topological polar surface area (TPSA) is 79.4 Å². The predicted molar refractivity (Wildman–Crippen MR) is 94.0 cm³/mol. The molecule has 26 heavy (non-hydrogen) atoms. The lowest BCUT2D eigenvalue weighted by Crippen LogP contribution is -2.32. The number of rotatable bonds is 4. The van der Waals surface area contributed by atoms with Gasteiger partial charge in [-0.1, -0.05) is 0 Å².